The Hall–Kier alpha value is -4.58. The molecule has 0 saturated heterocycles. The van der Waals surface area contributed by atoms with Gasteiger partial charge < -0.3 is 19.7 Å². The number of aryl methyl sites for hydroxylation is 1. The van der Waals surface area contributed by atoms with Crippen LogP contribution in [-0.2, 0) is 11.3 Å². The molecule has 0 fully saturated rings. The van der Waals surface area contributed by atoms with E-state index in [1.807, 2.05) is 6.07 Å². The minimum atomic E-state index is -0.448. The number of halogens is 1. The maximum absolute atomic E-state index is 5.68. The predicted octanol–water partition coefficient (Wildman–Crippen LogP) is 10.7. The molecule has 0 bridgehead atoms. The fourth-order valence-electron chi connectivity index (χ4n) is 5.66. The first-order valence-electron chi connectivity index (χ1n) is 15.1. The van der Waals surface area contributed by atoms with E-state index >= 15 is 0 Å². The lowest BCUT2D eigenvalue weighted by molar-refractivity contribution is 0.119. The summed E-state index contributed by atoms with van der Waals surface area (Å²) >= 11 is 3.69. The highest BCUT2D eigenvalue weighted by Crippen LogP contribution is 2.37. The van der Waals surface area contributed by atoms with E-state index < -0.39 is 4.51 Å². The molecule has 0 heterocycles. The summed E-state index contributed by atoms with van der Waals surface area (Å²) in [6.45, 7) is 2.90. The van der Waals surface area contributed by atoms with Crippen LogP contribution in [0.4, 0.5) is 17.1 Å². The number of alkyl halides is 1. The standard InChI is InChI=1S/C40H37BrN2O2/c1-29-9-7-8-12-37(29)38-27-34(19-22-39(38)44-2)42-33-17-13-31(14-18-33)32-15-20-35(21-16-32)43(28-30-10-5-4-6-11-30)36-23-25-40(41,45-3)26-24-36/h4-25,27,42H,26,28H2,1-3H3. The van der Waals surface area contributed by atoms with Crippen LogP contribution < -0.4 is 15.0 Å². The van der Waals surface area contributed by atoms with Gasteiger partial charge in [-0.15, -0.1) is 0 Å². The van der Waals surface area contributed by atoms with Crippen molar-refractivity contribution in [1.29, 1.82) is 0 Å². The fraction of sp³-hybridized carbons (Fsp3) is 0.150. The third-order valence-electron chi connectivity index (χ3n) is 8.25. The van der Waals surface area contributed by atoms with Crippen LogP contribution in [0.1, 0.15) is 17.5 Å². The van der Waals surface area contributed by atoms with E-state index in [0.717, 1.165) is 52.6 Å². The minimum Gasteiger partial charge on any atom is -0.496 e. The van der Waals surface area contributed by atoms with Gasteiger partial charge in [0.25, 0.3) is 0 Å². The lowest BCUT2D eigenvalue weighted by atomic mass is 9.99. The fourth-order valence-corrected chi connectivity index (χ4v) is 5.95. The first-order chi connectivity index (χ1) is 21.9. The molecular formula is C40H37BrN2O2. The highest BCUT2D eigenvalue weighted by molar-refractivity contribution is 9.10. The van der Waals surface area contributed by atoms with Crippen molar-refractivity contribution in [2.45, 2.75) is 24.4 Å². The molecule has 5 heteroatoms. The van der Waals surface area contributed by atoms with Crippen molar-refractivity contribution >= 4 is 33.0 Å². The topological polar surface area (TPSA) is 33.7 Å². The van der Waals surface area contributed by atoms with Crippen LogP contribution in [0.2, 0.25) is 0 Å². The van der Waals surface area contributed by atoms with Crippen molar-refractivity contribution in [1.82, 2.24) is 0 Å². The van der Waals surface area contributed by atoms with Gasteiger partial charge in [0, 0.05) is 48.4 Å². The van der Waals surface area contributed by atoms with Gasteiger partial charge in [-0.05, 0) is 105 Å². The number of rotatable bonds is 10. The van der Waals surface area contributed by atoms with Gasteiger partial charge in [0.1, 0.15) is 10.3 Å². The second-order valence-electron chi connectivity index (χ2n) is 11.2. The maximum atomic E-state index is 5.68. The van der Waals surface area contributed by atoms with Gasteiger partial charge in [-0.25, -0.2) is 0 Å². The summed E-state index contributed by atoms with van der Waals surface area (Å²) in [5.74, 6) is 0.859. The molecule has 0 aliphatic heterocycles. The number of methoxy groups -OCH3 is 2. The molecule has 1 aliphatic carbocycles. The number of allylic oxidation sites excluding steroid dienone is 1. The number of hydrogen-bond donors (Lipinski definition) is 1. The second kappa shape index (κ2) is 13.6. The summed E-state index contributed by atoms with van der Waals surface area (Å²) in [7, 11) is 3.44. The number of hydrogen-bond acceptors (Lipinski definition) is 4. The van der Waals surface area contributed by atoms with Crippen molar-refractivity contribution in [2.75, 3.05) is 24.4 Å². The van der Waals surface area contributed by atoms with Crippen LogP contribution in [-0.4, -0.2) is 18.7 Å². The molecule has 5 aromatic rings. The predicted molar refractivity (Wildman–Crippen MR) is 191 cm³/mol. The molecule has 0 radical (unpaired) electrons. The monoisotopic (exact) mass is 656 g/mol. The molecule has 0 spiro atoms. The molecule has 1 aliphatic rings. The average Bonchev–Trinajstić information content (AvgIpc) is 3.09. The third-order valence-corrected chi connectivity index (χ3v) is 9.16. The van der Waals surface area contributed by atoms with Crippen LogP contribution in [0.25, 0.3) is 22.3 Å². The summed E-state index contributed by atoms with van der Waals surface area (Å²) in [5, 5.41) is 3.57. The lowest BCUT2D eigenvalue weighted by Gasteiger charge is -2.31. The molecule has 1 atom stereocenters. The van der Waals surface area contributed by atoms with Gasteiger partial charge in [-0.3, -0.25) is 0 Å². The molecule has 45 heavy (non-hydrogen) atoms. The molecule has 0 saturated carbocycles. The molecule has 4 nitrogen and oxygen atoms in total. The molecule has 5 aromatic carbocycles. The van der Waals surface area contributed by atoms with Crippen molar-refractivity contribution in [3.63, 3.8) is 0 Å². The zero-order valence-electron chi connectivity index (χ0n) is 25.8. The summed E-state index contributed by atoms with van der Waals surface area (Å²) in [6.07, 6.45) is 7.20. The number of ether oxygens (including phenoxy) is 2. The molecular weight excluding hydrogens is 620 g/mol. The van der Waals surface area contributed by atoms with Gasteiger partial charge in [-0.1, -0.05) is 84.9 Å². The first kappa shape index (κ1) is 30.4. The largest absolute Gasteiger partial charge is 0.496 e. The Labute approximate surface area is 274 Å². The lowest BCUT2D eigenvalue weighted by Crippen LogP contribution is -2.27. The van der Waals surface area contributed by atoms with E-state index in [0.29, 0.717) is 0 Å². The van der Waals surface area contributed by atoms with E-state index in [4.69, 9.17) is 9.47 Å². The van der Waals surface area contributed by atoms with Gasteiger partial charge >= 0.3 is 0 Å². The van der Waals surface area contributed by atoms with Crippen LogP contribution in [0.15, 0.2) is 145 Å². The van der Waals surface area contributed by atoms with Gasteiger partial charge in [0.2, 0.25) is 0 Å². The average molecular weight is 658 g/mol. The molecule has 0 aromatic heterocycles. The van der Waals surface area contributed by atoms with Crippen molar-refractivity contribution < 1.29 is 9.47 Å². The summed E-state index contributed by atoms with van der Waals surface area (Å²) in [6, 6.07) is 42.6. The summed E-state index contributed by atoms with van der Waals surface area (Å²) in [5.41, 5.74) is 11.4. The quantitative estimate of drug-likeness (QED) is 0.152. The van der Waals surface area contributed by atoms with Crippen molar-refractivity contribution in [3.05, 3.63) is 156 Å². The zero-order valence-corrected chi connectivity index (χ0v) is 27.4. The Morgan fingerprint density at radius 1 is 0.756 bits per heavy atom. The minimum absolute atomic E-state index is 0.448. The molecule has 1 N–H and O–H groups in total. The van der Waals surface area contributed by atoms with Crippen molar-refractivity contribution in [2.24, 2.45) is 0 Å². The van der Waals surface area contributed by atoms with E-state index in [9.17, 15) is 0 Å². The van der Waals surface area contributed by atoms with Gasteiger partial charge in [0.15, 0.2) is 0 Å². The number of anilines is 3. The Kier molecular flexibility index (Phi) is 9.20. The third kappa shape index (κ3) is 7.06. The highest BCUT2D eigenvalue weighted by Gasteiger charge is 2.26. The number of nitrogens with zero attached hydrogens (tertiary/aromatic N) is 1. The molecule has 6 rings (SSSR count). The zero-order chi connectivity index (χ0) is 31.2. The maximum Gasteiger partial charge on any atom is 0.144 e. The Morgan fingerprint density at radius 2 is 1.42 bits per heavy atom. The summed E-state index contributed by atoms with van der Waals surface area (Å²) < 4.78 is 10.9. The van der Waals surface area contributed by atoms with Crippen molar-refractivity contribution in [3.8, 4) is 28.0 Å². The van der Waals surface area contributed by atoms with Crippen LogP contribution in [0.5, 0.6) is 5.75 Å². The van der Waals surface area contributed by atoms with Gasteiger partial charge in [0.05, 0.1) is 7.11 Å². The molecule has 226 valence electrons. The Balaban J connectivity index is 1.20. The normalized spacial score (nSPS) is 15.8. The van der Waals surface area contributed by atoms with E-state index in [1.54, 1.807) is 14.2 Å². The molecule has 0 amide bonds. The van der Waals surface area contributed by atoms with Crippen LogP contribution in [0.3, 0.4) is 0 Å². The SMILES string of the molecule is COc1ccc(Nc2ccc(-c3ccc(N(Cc4ccccc4)C4=CCC(Br)(OC)C=C4)cc3)cc2)cc1-c1ccccc1C. The second-order valence-corrected chi connectivity index (χ2v) is 12.6. The number of benzene rings is 5. The van der Waals surface area contributed by atoms with E-state index in [1.165, 1.54) is 22.3 Å². The first-order valence-corrected chi connectivity index (χ1v) is 15.9. The van der Waals surface area contributed by atoms with E-state index in [-0.39, 0.29) is 0 Å². The molecule has 1 unspecified atom stereocenters. The van der Waals surface area contributed by atoms with Gasteiger partial charge in [-0.2, -0.15) is 0 Å². The van der Waals surface area contributed by atoms with Crippen LogP contribution >= 0.6 is 15.9 Å². The smallest absolute Gasteiger partial charge is 0.144 e. The van der Waals surface area contributed by atoms with E-state index in [2.05, 4.69) is 167 Å². The highest BCUT2D eigenvalue weighted by atomic mass is 79.9. The summed E-state index contributed by atoms with van der Waals surface area (Å²) in [4.78, 5) is 2.35. The van der Waals surface area contributed by atoms with Crippen LogP contribution in [0, 0.1) is 6.92 Å². The Morgan fingerprint density at radius 3 is 2.07 bits per heavy atom. The Bertz CT molecular complexity index is 1810. The number of nitrogens with one attached hydrogen (secondary N) is 1.